The summed E-state index contributed by atoms with van der Waals surface area (Å²) in [5, 5.41) is 5.49. The topological polar surface area (TPSA) is 50.9 Å². The molecule has 3 nitrogen and oxygen atoms in total. The molecule has 0 fully saturated rings. The lowest BCUT2D eigenvalue weighted by Crippen LogP contribution is -2.21. The number of hydrogen-bond donors (Lipinski definition) is 2. The third kappa shape index (κ3) is 5.32. The average Bonchev–Trinajstić information content (AvgIpc) is 2.63. The minimum atomic E-state index is 0.329. The summed E-state index contributed by atoms with van der Waals surface area (Å²) in [5.74, 6) is 0. The third-order valence-corrected chi connectivity index (χ3v) is 2.69. The lowest BCUT2D eigenvalue weighted by atomic mass is 10.2. The molecule has 0 aliphatic carbocycles. The molecular weight excluding hydrogens is 194 g/mol. The van der Waals surface area contributed by atoms with Gasteiger partial charge in [-0.1, -0.05) is 0 Å². The maximum atomic E-state index is 5.65. The molecule has 0 spiro atoms. The van der Waals surface area contributed by atoms with Crippen LogP contribution in [0.3, 0.4) is 0 Å². The highest BCUT2D eigenvalue weighted by Gasteiger charge is 1.95. The predicted molar refractivity (Wildman–Crippen MR) is 61.6 cm³/mol. The van der Waals surface area contributed by atoms with Gasteiger partial charge < -0.3 is 11.1 Å². The Morgan fingerprint density at radius 3 is 3.07 bits per heavy atom. The minimum absolute atomic E-state index is 0.329. The van der Waals surface area contributed by atoms with E-state index < -0.39 is 0 Å². The Morgan fingerprint density at radius 1 is 1.57 bits per heavy atom. The van der Waals surface area contributed by atoms with E-state index in [4.69, 9.17) is 5.73 Å². The van der Waals surface area contributed by atoms with E-state index in [1.807, 2.05) is 5.51 Å². The van der Waals surface area contributed by atoms with Gasteiger partial charge in [-0.2, -0.15) is 0 Å². The van der Waals surface area contributed by atoms with Gasteiger partial charge in [-0.05, 0) is 26.3 Å². The fraction of sp³-hybridized carbons (Fsp3) is 0.700. The van der Waals surface area contributed by atoms with Gasteiger partial charge in [0, 0.05) is 24.4 Å². The molecule has 0 amide bonds. The van der Waals surface area contributed by atoms with Crippen molar-refractivity contribution in [2.75, 3.05) is 13.1 Å². The van der Waals surface area contributed by atoms with Crippen LogP contribution >= 0.6 is 11.3 Å². The Kier molecular flexibility index (Phi) is 5.75. The molecule has 0 radical (unpaired) electrons. The van der Waals surface area contributed by atoms with Gasteiger partial charge in [0.15, 0.2) is 0 Å². The molecule has 14 heavy (non-hydrogen) atoms. The first-order valence-corrected chi connectivity index (χ1v) is 6.06. The molecule has 80 valence electrons. The van der Waals surface area contributed by atoms with Crippen molar-refractivity contribution in [3.05, 3.63) is 16.6 Å². The quantitative estimate of drug-likeness (QED) is 0.673. The number of nitrogens with two attached hydrogens (primary N) is 1. The van der Waals surface area contributed by atoms with Crippen LogP contribution in [0.15, 0.2) is 10.9 Å². The molecule has 1 rings (SSSR count). The van der Waals surface area contributed by atoms with Crippen LogP contribution in [-0.4, -0.2) is 24.1 Å². The summed E-state index contributed by atoms with van der Waals surface area (Å²) in [4.78, 5) is 4.22. The SMILES string of the molecule is CC(N)CCCNCCc1cscn1. The van der Waals surface area contributed by atoms with Gasteiger partial charge >= 0.3 is 0 Å². The molecule has 0 aliphatic rings. The molecule has 1 atom stereocenters. The summed E-state index contributed by atoms with van der Waals surface area (Å²) in [5.41, 5.74) is 8.72. The molecule has 4 heteroatoms. The predicted octanol–water partition coefficient (Wildman–Crippen LogP) is 1.40. The number of rotatable bonds is 7. The van der Waals surface area contributed by atoms with E-state index in [1.54, 1.807) is 11.3 Å². The summed E-state index contributed by atoms with van der Waals surface area (Å²) in [6, 6.07) is 0.329. The van der Waals surface area contributed by atoms with E-state index in [0.29, 0.717) is 6.04 Å². The first kappa shape index (κ1) is 11.6. The molecule has 1 aromatic heterocycles. The van der Waals surface area contributed by atoms with Crippen LogP contribution in [-0.2, 0) is 6.42 Å². The van der Waals surface area contributed by atoms with Crippen LogP contribution in [0, 0.1) is 0 Å². The first-order valence-electron chi connectivity index (χ1n) is 5.12. The summed E-state index contributed by atoms with van der Waals surface area (Å²) in [7, 11) is 0. The highest BCUT2D eigenvalue weighted by atomic mass is 32.1. The number of aromatic nitrogens is 1. The van der Waals surface area contributed by atoms with Crippen molar-refractivity contribution in [2.45, 2.75) is 32.2 Å². The smallest absolute Gasteiger partial charge is 0.0794 e. The zero-order valence-electron chi connectivity index (χ0n) is 8.70. The monoisotopic (exact) mass is 213 g/mol. The Bertz CT molecular complexity index is 221. The van der Waals surface area contributed by atoms with E-state index in [1.165, 1.54) is 5.69 Å². The molecule has 0 aromatic carbocycles. The van der Waals surface area contributed by atoms with Gasteiger partial charge in [0.1, 0.15) is 0 Å². The number of hydrogen-bond acceptors (Lipinski definition) is 4. The van der Waals surface area contributed by atoms with E-state index in [-0.39, 0.29) is 0 Å². The van der Waals surface area contributed by atoms with Crippen LogP contribution in [0.1, 0.15) is 25.5 Å². The third-order valence-electron chi connectivity index (χ3n) is 2.05. The number of nitrogens with one attached hydrogen (secondary N) is 1. The van der Waals surface area contributed by atoms with E-state index in [0.717, 1.165) is 32.4 Å². The fourth-order valence-corrected chi connectivity index (χ4v) is 1.84. The summed E-state index contributed by atoms with van der Waals surface area (Å²) in [6.45, 7) is 4.13. The van der Waals surface area contributed by atoms with Gasteiger partial charge in [-0.25, -0.2) is 4.98 Å². The van der Waals surface area contributed by atoms with Crippen LogP contribution in [0.25, 0.3) is 0 Å². The molecule has 0 aliphatic heterocycles. The molecule has 0 bridgehead atoms. The van der Waals surface area contributed by atoms with Crippen molar-refractivity contribution < 1.29 is 0 Å². The molecular formula is C10H19N3S. The highest BCUT2D eigenvalue weighted by Crippen LogP contribution is 2.00. The Morgan fingerprint density at radius 2 is 2.43 bits per heavy atom. The summed E-state index contributed by atoms with van der Waals surface area (Å²) < 4.78 is 0. The first-order chi connectivity index (χ1) is 6.79. The second kappa shape index (κ2) is 6.92. The molecule has 1 unspecified atom stereocenters. The second-order valence-electron chi connectivity index (χ2n) is 3.60. The maximum Gasteiger partial charge on any atom is 0.0794 e. The van der Waals surface area contributed by atoms with Crippen LogP contribution < -0.4 is 11.1 Å². The molecule has 1 heterocycles. The minimum Gasteiger partial charge on any atom is -0.328 e. The molecule has 0 saturated heterocycles. The van der Waals surface area contributed by atoms with E-state index in [9.17, 15) is 0 Å². The average molecular weight is 213 g/mol. The van der Waals surface area contributed by atoms with Gasteiger partial charge in [0.25, 0.3) is 0 Å². The normalized spacial score (nSPS) is 13.0. The van der Waals surface area contributed by atoms with E-state index in [2.05, 4.69) is 22.6 Å². The van der Waals surface area contributed by atoms with Crippen LogP contribution in [0.4, 0.5) is 0 Å². The van der Waals surface area contributed by atoms with Crippen molar-refractivity contribution in [2.24, 2.45) is 5.73 Å². The molecule has 0 saturated carbocycles. The standard InChI is InChI=1S/C10H19N3S/c1-9(11)3-2-5-12-6-4-10-7-14-8-13-10/h7-9,12H,2-6,11H2,1H3. The Balaban J connectivity index is 1.90. The highest BCUT2D eigenvalue weighted by molar-refractivity contribution is 7.07. The van der Waals surface area contributed by atoms with Crippen LogP contribution in [0.2, 0.25) is 0 Å². The van der Waals surface area contributed by atoms with Gasteiger partial charge in [-0.15, -0.1) is 11.3 Å². The largest absolute Gasteiger partial charge is 0.328 e. The van der Waals surface area contributed by atoms with Crippen LogP contribution in [0.5, 0.6) is 0 Å². The van der Waals surface area contributed by atoms with Crippen molar-refractivity contribution in [3.8, 4) is 0 Å². The van der Waals surface area contributed by atoms with Crippen molar-refractivity contribution in [3.63, 3.8) is 0 Å². The van der Waals surface area contributed by atoms with Gasteiger partial charge in [0.05, 0.1) is 11.2 Å². The Labute approximate surface area is 89.7 Å². The maximum absolute atomic E-state index is 5.65. The molecule has 3 N–H and O–H groups in total. The summed E-state index contributed by atoms with van der Waals surface area (Å²) in [6.07, 6.45) is 3.29. The zero-order valence-corrected chi connectivity index (χ0v) is 9.52. The number of nitrogens with zero attached hydrogens (tertiary/aromatic N) is 1. The lowest BCUT2D eigenvalue weighted by Gasteiger charge is -2.05. The molecule has 1 aromatic rings. The number of thiazole rings is 1. The fourth-order valence-electron chi connectivity index (χ4n) is 1.25. The Hall–Kier alpha value is -0.450. The van der Waals surface area contributed by atoms with Gasteiger partial charge in [-0.3, -0.25) is 0 Å². The van der Waals surface area contributed by atoms with Gasteiger partial charge in [0.2, 0.25) is 0 Å². The van der Waals surface area contributed by atoms with Crippen molar-refractivity contribution >= 4 is 11.3 Å². The van der Waals surface area contributed by atoms with Crippen molar-refractivity contribution in [1.82, 2.24) is 10.3 Å². The van der Waals surface area contributed by atoms with Crippen molar-refractivity contribution in [1.29, 1.82) is 0 Å². The lowest BCUT2D eigenvalue weighted by molar-refractivity contribution is 0.574. The summed E-state index contributed by atoms with van der Waals surface area (Å²) >= 11 is 1.66. The van der Waals surface area contributed by atoms with E-state index >= 15 is 0 Å². The zero-order chi connectivity index (χ0) is 10.2. The second-order valence-corrected chi connectivity index (χ2v) is 4.32.